The summed E-state index contributed by atoms with van der Waals surface area (Å²) in [5, 5.41) is 25.3. The number of carbonyl (C=O) groups excluding carboxylic acids is 1. The highest BCUT2D eigenvalue weighted by Crippen LogP contribution is 2.26. The number of nitriles is 1. The van der Waals surface area contributed by atoms with Gasteiger partial charge in [0.2, 0.25) is 5.91 Å². The van der Waals surface area contributed by atoms with Gasteiger partial charge in [-0.3, -0.25) is 9.78 Å². The second kappa shape index (κ2) is 8.45. The molecule has 3 rings (SSSR count). The van der Waals surface area contributed by atoms with E-state index in [-0.39, 0.29) is 17.7 Å². The Morgan fingerprint density at radius 2 is 2.19 bits per heavy atom. The van der Waals surface area contributed by atoms with Crippen molar-refractivity contribution in [1.82, 2.24) is 15.6 Å². The number of amides is 1. The third-order valence-electron chi connectivity index (χ3n) is 4.54. The molecule has 1 aliphatic rings. The van der Waals surface area contributed by atoms with Crippen LogP contribution in [0.5, 0.6) is 5.75 Å². The summed E-state index contributed by atoms with van der Waals surface area (Å²) in [6.45, 7) is 0.840. The van der Waals surface area contributed by atoms with E-state index in [1.54, 1.807) is 24.4 Å². The fraction of sp³-hybridized carbons (Fsp3) is 0.350. The standard InChI is InChI=1S/C20H22N4O2/c21-12-15(24-20(26)18-6-3-4-10-22-18)11-14-8-9-17(23-13-14)16-5-1-2-7-19(16)25/h1-2,5,7-9,13,15,18,22,25H,3-4,6,10-11H2,(H,24,26)/t15-,18-/m0/s1. The number of phenols is 1. The number of nitrogens with zero attached hydrogens (tertiary/aromatic N) is 2. The van der Waals surface area contributed by atoms with Crippen LogP contribution in [0.15, 0.2) is 42.6 Å². The van der Waals surface area contributed by atoms with Crippen LogP contribution in [0.3, 0.4) is 0 Å². The lowest BCUT2D eigenvalue weighted by molar-refractivity contribution is -0.124. The van der Waals surface area contributed by atoms with E-state index < -0.39 is 6.04 Å². The molecule has 0 radical (unpaired) electrons. The first kappa shape index (κ1) is 17.9. The molecule has 6 nitrogen and oxygen atoms in total. The van der Waals surface area contributed by atoms with Crippen molar-refractivity contribution in [3.05, 3.63) is 48.2 Å². The summed E-state index contributed by atoms with van der Waals surface area (Å²) in [6.07, 6.45) is 4.99. The summed E-state index contributed by atoms with van der Waals surface area (Å²) < 4.78 is 0. The zero-order valence-corrected chi connectivity index (χ0v) is 14.5. The van der Waals surface area contributed by atoms with Crippen molar-refractivity contribution in [2.24, 2.45) is 0 Å². The average molecular weight is 350 g/mol. The van der Waals surface area contributed by atoms with E-state index in [1.165, 1.54) is 0 Å². The minimum atomic E-state index is -0.594. The predicted octanol–water partition coefficient (Wildman–Crippen LogP) is 2.15. The highest BCUT2D eigenvalue weighted by molar-refractivity contribution is 5.82. The highest BCUT2D eigenvalue weighted by Gasteiger charge is 2.23. The molecule has 0 spiro atoms. The molecule has 2 atom stereocenters. The molecule has 0 unspecified atom stereocenters. The van der Waals surface area contributed by atoms with Gasteiger partial charge in [-0.1, -0.05) is 24.6 Å². The van der Waals surface area contributed by atoms with Crippen molar-refractivity contribution in [3.63, 3.8) is 0 Å². The van der Waals surface area contributed by atoms with Gasteiger partial charge in [0.05, 0.1) is 17.8 Å². The van der Waals surface area contributed by atoms with Crippen molar-refractivity contribution >= 4 is 5.91 Å². The minimum Gasteiger partial charge on any atom is -0.507 e. The van der Waals surface area contributed by atoms with Gasteiger partial charge in [0.15, 0.2) is 0 Å². The highest BCUT2D eigenvalue weighted by atomic mass is 16.3. The molecule has 0 bridgehead atoms. The first-order chi connectivity index (χ1) is 12.7. The molecule has 2 aromatic rings. The van der Waals surface area contributed by atoms with Crippen molar-refractivity contribution in [2.45, 2.75) is 37.8 Å². The summed E-state index contributed by atoms with van der Waals surface area (Å²) in [7, 11) is 0. The second-order valence-corrected chi connectivity index (χ2v) is 6.47. The summed E-state index contributed by atoms with van der Waals surface area (Å²) in [5.41, 5.74) is 2.18. The number of rotatable bonds is 5. The summed E-state index contributed by atoms with van der Waals surface area (Å²) in [6, 6.07) is 12.0. The lowest BCUT2D eigenvalue weighted by atomic mass is 10.0. The Morgan fingerprint density at radius 1 is 1.35 bits per heavy atom. The van der Waals surface area contributed by atoms with Gasteiger partial charge in [0.25, 0.3) is 0 Å². The maximum atomic E-state index is 12.3. The second-order valence-electron chi connectivity index (χ2n) is 6.47. The van der Waals surface area contributed by atoms with Gasteiger partial charge in [-0.15, -0.1) is 0 Å². The van der Waals surface area contributed by atoms with Crippen LogP contribution in [0, 0.1) is 11.3 Å². The maximum absolute atomic E-state index is 12.3. The number of nitrogens with one attached hydrogen (secondary N) is 2. The van der Waals surface area contributed by atoms with E-state index in [0.29, 0.717) is 17.7 Å². The average Bonchev–Trinajstić information content (AvgIpc) is 2.69. The number of aromatic nitrogens is 1. The topological polar surface area (TPSA) is 98.0 Å². The van der Waals surface area contributed by atoms with E-state index in [1.807, 2.05) is 18.2 Å². The number of benzene rings is 1. The fourth-order valence-electron chi connectivity index (χ4n) is 3.11. The largest absolute Gasteiger partial charge is 0.507 e. The molecular weight excluding hydrogens is 328 g/mol. The third-order valence-corrected chi connectivity index (χ3v) is 4.54. The smallest absolute Gasteiger partial charge is 0.238 e. The van der Waals surface area contributed by atoms with Crippen LogP contribution >= 0.6 is 0 Å². The fourth-order valence-corrected chi connectivity index (χ4v) is 3.11. The number of hydrogen-bond donors (Lipinski definition) is 3. The zero-order valence-electron chi connectivity index (χ0n) is 14.5. The number of pyridine rings is 1. The Balaban J connectivity index is 1.62. The molecule has 6 heteroatoms. The predicted molar refractivity (Wildman–Crippen MR) is 98.2 cm³/mol. The van der Waals surface area contributed by atoms with Crippen molar-refractivity contribution < 1.29 is 9.90 Å². The van der Waals surface area contributed by atoms with Crippen LogP contribution in [0.1, 0.15) is 24.8 Å². The molecule has 1 aromatic carbocycles. The summed E-state index contributed by atoms with van der Waals surface area (Å²) in [5.74, 6) is 0.0601. The van der Waals surface area contributed by atoms with Crippen molar-refractivity contribution in [3.8, 4) is 23.1 Å². The van der Waals surface area contributed by atoms with Crippen LogP contribution in [-0.2, 0) is 11.2 Å². The van der Waals surface area contributed by atoms with E-state index >= 15 is 0 Å². The van der Waals surface area contributed by atoms with Gasteiger partial charge < -0.3 is 15.7 Å². The number of carbonyl (C=O) groups is 1. The number of para-hydroxylation sites is 1. The van der Waals surface area contributed by atoms with Gasteiger partial charge in [0, 0.05) is 18.2 Å². The van der Waals surface area contributed by atoms with E-state index in [4.69, 9.17) is 0 Å². The number of piperidine rings is 1. The molecule has 1 aromatic heterocycles. The first-order valence-electron chi connectivity index (χ1n) is 8.84. The van der Waals surface area contributed by atoms with Gasteiger partial charge in [-0.05, 0) is 43.1 Å². The number of aromatic hydroxyl groups is 1. The molecule has 1 amide bonds. The Bertz CT molecular complexity index is 792. The maximum Gasteiger partial charge on any atom is 0.238 e. The van der Waals surface area contributed by atoms with Crippen LogP contribution in [-0.4, -0.2) is 34.6 Å². The Labute approximate surface area is 152 Å². The van der Waals surface area contributed by atoms with Crippen LogP contribution in [0.2, 0.25) is 0 Å². The molecule has 1 fully saturated rings. The quantitative estimate of drug-likeness (QED) is 0.767. The molecule has 2 heterocycles. The molecular formula is C20H22N4O2. The Morgan fingerprint density at radius 3 is 2.85 bits per heavy atom. The van der Waals surface area contributed by atoms with Crippen LogP contribution in [0.4, 0.5) is 0 Å². The Hall–Kier alpha value is -2.91. The van der Waals surface area contributed by atoms with Crippen molar-refractivity contribution in [1.29, 1.82) is 5.26 Å². The number of hydrogen-bond acceptors (Lipinski definition) is 5. The van der Waals surface area contributed by atoms with E-state index in [9.17, 15) is 15.2 Å². The normalized spacial score (nSPS) is 17.9. The first-order valence-corrected chi connectivity index (χ1v) is 8.84. The van der Waals surface area contributed by atoms with Gasteiger partial charge in [0.1, 0.15) is 11.8 Å². The zero-order chi connectivity index (χ0) is 18.4. The molecule has 1 saturated heterocycles. The molecule has 134 valence electrons. The van der Waals surface area contributed by atoms with Gasteiger partial charge >= 0.3 is 0 Å². The summed E-state index contributed by atoms with van der Waals surface area (Å²) >= 11 is 0. The van der Waals surface area contributed by atoms with Crippen LogP contribution < -0.4 is 10.6 Å². The minimum absolute atomic E-state index is 0.116. The third kappa shape index (κ3) is 4.38. The Kier molecular flexibility index (Phi) is 5.82. The monoisotopic (exact) mass is 350 g/mol. The summed E-state index contributed by atoms with van der Waals surface area (Å²) in [4.78, 5) is 16.6. The van der Waals surface area contributed by atoms with Gasteiger partial charge in [-0.25, -0.2) is 0 Å². The van der Waals surface area contributed by atoms with E-state index in [0.717, 1.165) is 31.4 Å². The molecule has 3 N–H and O–H groups in total. The molecule has 0 aliphatic carbocycles. The lowest BCUT2D eigenvalue weighted by Gasteiger charge is -2.23. The molecule has 1 aliphatic heterocycles. The van der Waals surface area contributed by atoms with Crippen molar-refractivity contribution in [2.75, 3.05) is 6.54 Å². The molecule has 26 heavy (non-hydrogen) atoms. The number of phenolic OH excluding ortho intramolecular Hbond substituents is 1. The van der Waals surface area contributed by atoms with Crippen LogP contribution in [0.25, 0.3) is 11.3 Å². The molecule has 0 saturated carbocycles. The van der Waals surface area contributed by atoms with E-state index in [2.05, 4.69) is 21.7 Å². The lowest BCUT2D eigenvalue weighted by Crippen LogP contribution is -2.49. The SMILES string of the molecule is N#C[C@H](Cc1ccc(-c2ccccc2O)nc1)NC(=O)[C@@H]1CCCCN1. The van der Waals surface area contributed by atoms with Gasteiger partial charge in [-0.2, -0.15) is 5.26 Å².